The molecule has 1 rings (SSSR count). The van der Waals surface area contributed by atoms with Crippen LogP contribution in [0.4, 0.5) is 0 Å². The Hall–Kier alpha value is -0.530. The molecule has 0 saturated heterocycles. The molecule has 0 aliphatic rings. The summed E-state index contributed by atoms with van der Waals surface area (Å²) in [5.41, 5.74) is 0.413. The minimum absolute atomic E-state index is 0.0496. The summed E-state index contributed by atoms with van der Waals surface area (Å²) in [4.78, 5) is 12.5. The Morgan fingerprint density at radius 1 is 1.42 bits per heavy atom. The number of rotatable bonds is 4. The van der Waals surface area contributed by atoms with E-state index in [1.54, 1.807) is 32.0 Å². The summed E-state index contributed by atoms with van der Waals surface area (Å²) in [6.07, 6.45) is 1.16. The van der Waals surface area contributed by atoms with Crippen molar-refractivity contribution in [2.75, 3.05) is 12.8 Å². The Labute approximate surface area is 127 Å². The van der Waals surface area contributed by atoms with E-state index >= 15 is 0 Å². The number of benzene rings is 1. The minimum atomic E-state index is -3.24. The number of nitrogens with one attached hydrogen (secondary N) is 1. The summed E-state index contributed by atoms with van der Waals surface area (Å²) in [5.74, 6) is -0.339. The van der Waals surface area contributed by atoms with E-state index in [1.807, 2.05) is 0 Å². The minimum Gasteiger partial charge on any atom is -0.350 e. The number of hydrogen-bond donors (Lipinski definition) is 2. The predicted octanol–water partition coefficient (Wildman–Crippen LogP) is 2.29. The van der Waals surface area contributed by atoms with E-state index in [-0.39, 0.29) is 12.5 Å². The van der Waals surface area contributed by atoms with Gasteiger partial charge < -0.3 is 5.32 Å². The van der Waals surface area contributed by atoms with Gasteiger partial charge in [0.2, 0.25) is 0 Å². The van der Waals surface area contributed by atoms with Crippen LogP contribution < -0.4 is 5.32 Å². The van der Waals surface area contributed by atoms with Crippen LogP contribution in [0.2, 0.25) is 0 Å². The van der Waals surface area contributed by atoms with Crippen LogP contribution in [0.15, 0.2) is 27.6 Å². The summed E-state index contributed by atoms with van der Waals surface area (Å²) in [5, 5.41) is 2.62. The molecule has 0 spiro atoms. The lowest BCUT2D eigenvalue weighted by molar-refractivity contribution is 0.0947. The normalized spacial score (nSPS) is 12.3. The molecule has 0 heterocycles. The Balaban J connectivity index is 2.82. The molecule has 0 bridgehead atoms. The van der Waals surface area contributed by atoms with Crippen molar-refractivity contribution in [3.63, 3.8) is 0 Å². The molecule has 4 nitrogen and oxygen atoms in total. The van der Waals surface area contributed by atoms with Gasteiger partial charge in [-0.2, -0.15) is 0 Å². The van der Waals surface area contributed by atoms with E-state index in [1.165, 1.54) is 0 Å². The van der Waals surface area contributed by atoms with Gasteiger partial charge in [0.05, 0.1) is 10.3 Å². The van der Waals surface area contributed by atoms with Gasteiger partial charge in [-0.15, -0.1) is 12.6 Å². The average molecular weight is 366 g/mol. The van der Waals surface area contributed by atoms with Crippen molar-refractivity contribution in [1.29, 1.82) is 0 Å². The molecule has 0 saturated carbocycles. The number of sulfone groups is 1. The van der Waals surface area contributed by atoms with E-state index in [4.69, 9.17) is 0 Å². The van der Waals surface area contributed by atoms with Gasteiger partial charge in [-0.1, -0.05) is 15.9 Å². The molecule has 0 unspecified atom stereocenters. The van der Waals surface area contributed by atoms with Gasteiger partial charge in [0.1, 0.15) is 0 Å². The third kappa shape index (κ3) is 4.22. The largest absolute Gasteiger partial charge is 0.350 e. The maximum absolute atomic E-state index is 12.0. The monoisotopic (exact) mass is 365 g/mol. The number of hydrogen-bond acceptors (Lipinski definition) is 4. The molecule has 1 aromatic rings. The number of thiol groups is 1. The van der Waals surface area contributed by atoms with Crippen molar-refractivity contribution in [3.8, 4) is 0 Å². The van der Waals surface area contributed by atoms with Gasteiger partial charge in [-0.05, 0) is 32.0 Å². The fraction of sp³-hybridized carbons (Fsp3) is 0.417. The Morgan fingerprint density at radius 2 is 2.00 bits per heavy atom. The zero-order valence-electron chi connectivity index (χ0n) is 10.9. The van der Waals surface area contributed by atoms with Crippen molar-refractivity contribution in [1.82, 2.24) is 5.32 Å². The van der Waals surface area contributed by atoms with E-state index in [9.17, 15) is 13.2 Å². The quantitative estimate of drug-likeness (QED) is 0.804. The first kappa shape index (κ1) is 16.5. The molecule has 1 amide bonds. The van der Waals surface area contributed by atoms with Crippen LogP contribution >= 0.6 is 28.6 Å². The summed E-state index contributed by atoms with van der Waals surface area (Å²) >= 11 is 7.50. The molecule has 7 heteroatoms. The van der Waals surface area contributed by atoms with Crippen molar-refractivity contribution in [2.24, 2.45) is 0 Å². The Morgan fingerprint density at radius 3 is 2.47 bits per heavy atom. The van der Waals surface area contributed by atoms with Gasteiger partial charge in [0, 0.05) is 22.2 Å². The second-order valence-corrected chi connectivity index (χ2v) is 8.92. The fourth-order valence-electron chi connectivity index (χ4n) is 1.22. The van der Waals surface area contributed by atoms with Crippen LogP contribution in [0.1, 0.15) is 24.2 Å². The molecule has 106 valence electrons. The smallest absolute Gasteiger partial charge is 0.252 e. The zero-order valence-corrected chi connectivity index (χ0v) is 14.2. The van der Waals surface area contributed by atoms with Crippen LogP contribution in [0.25, 0.3) is 0 Å². The molecule has 0 radical (unpaired) electrons. The van der Waals surface area contributed by atoms with E-state index in [2.05, 4.69) is 33.9 Å². The molecule has 1 aromatic carbocycles. The van der Waals surface area contributed by atoms with E-state index in [0.717, 1.165) is 10.7 Å². The molecule has 1 N–H and O–H groups in total. The second kappa shape index (κ2) is 5.85. The third-order valence-corrected chi connectivity index (χ3v) is 5.90. The van der Waals surface area contributed by atoms with Gasteiger partial charge >= 0.3 is 0 Å². The lowest BCUT2D eigenvalue weighted by Gasteiger charge is -2.22. The molecule has 0 aromatic heterocycles. The van der Waals surface area contributed by atoms with E-state index in [0.29, 0.717) is 10.5 Å². The summed E-state index contributed by atoms with van der Waals surface area (Å²) in [6.45, 7) is 3.20. The highest BCUT2D eigenvalue weighted by Crippen LogP contribution is 2.20. The van der Waals surface area contributed by atoms with E-state index < -0.39 is 14.6 Å². The van der Waals surface area contributed by atoms with Crippen LogP contribution in [0.5, 0.6) is 0 Å². The van der Waals surface area contributed by atoms with Gasteiger partial charge in [0.25, 0.3) is 5.91 Å². The standard InChI is InChI=1S/C12H16BrNO3S2/c1-12(2,19(3,16)17)7-14-11(15)9-5-4-8(13)6-10(9)18/h4-6,18H,7H2,1-3H3,(H,14,15). The van der Waals surface area contributed by atoms with Crippen LogP contribution in [-0.2, 0) is 9.84 Å². The van der Waals surface area contributed by atoms with Crippen molar-refractivity contribution in [2.45, 2.75) is 23.5 Å². The average Bonchev–Trinajstić information content (AvgIpc) is 2.24. The highest BCUT2D eigenvalue weighted by atomic mass is 79.9. The lowest BCUT2D eigenvalue weighted by Crippen LogP contribution is -2.43. The molecule has 0 atom stereocenters. The zero-order chi connectivity index (χ0) is 14.8. The molecular weight excluding hydrogens is 350 g/mol. The van der Waals surface area contributed by atoms with Crippen LogP contribution in [0.3, 0.4) is 0 Å². The maximum atomic E-state index is 12.0. The van der Waals surface area contributed by atoms with Crippen molar-refractivity contribution in [3.05, 3.63) is 28.2 Å². The first-order valence-electron chi connectivity index (χ1n) is 5.51. The first-order chi connectivity index (χ1) is 8.54. The molecule has 0 aliphatic carbocycles. The highest BCUT2D eigenvalue weighted by Gasteiger charge is 2.30. The number of carbonyl (C=O) groups is 1. The SMILES string of the molecule is CC(C)(CNC(=O)c1ccc(Br)cc1S)S(C)(=O)=O. The number of halogens is 1. The van der Waals surface area contributed by atoms with Crippen LogP contribution in [-0.4, -0.2) is 31.9 Å². The molecular formula is C12H16BrNO3S2. The number of carbonyl (C=O) groups excluding carboxylic acids is 1. The fourth-order valence-corrected chi connectivity index (χ4v) is 2.40. The van der Waals surface area contributed by atoms with Crippen LogP contribution in [0, 0.1) is 0 Å². The maximum Gasteiger partial charge on any atom is 0.252 e. The molecule has 0 aliphatic heterocycles. The van der Waals surface area contributed by atoms with Crippen molar-refractivity contribution >= 4 is 44.3 Å². The Bertz CT molecular complexity index is 597. The molecule has 19 heavy (non-hydrogen) atoms. The Kier molecular flexibility index (Phi) is 5.08. The summed E-state index contributed by atoms with van der Waals surface area (Å²) in [6, 6.07) is 5.07. The summed E-state index contributed by atoms with van der Waals surface area (Å²) < 4.78 is 22.9. The summed E-state index contributed by atoms with van der Waals surface area (Å²) in [7, 11) is -3.24. The first-order valence-corrected chi connectivity index (χ1v) is 8.64. The lowest BCUT2D eigenvalue weighted by atomic mass is 10.2. The van der Waals surface area contributed by atoms with Gasteiger partial charge in [-0.3, -0.25) is 4.79 Å². The topological polar surface area (TPSA) is 63.2 Å². The number of amides is 1. The van der Waals surface area contributed by atoms with Crippen molar-refractivity contribution < 1.29 is 13.2 Å². The van der Waals surface area contributed by atoms with Gasteiger partial charge in [0.15, 0.2) is 9.84 Å². The molecule has 0 fully saturated rings. The third-order valence-electron chi connectivity index (χ3n) is 2.88. The predicted molar refractivity (Wildman–Crippen MR) is 82.7 cm³/mol. The van der Waals surface area contributed by atoms with Gasteiger partial charge in [-0.25, -0.2) is 8.42 Å². The second-order valence-electron chi connectivity index (χ2n) is 4.88. The highest BCUT2D eigenvalue weighted by molar-refractivity contribution is 9.10.